The molecular weight excluding hydrogens is 230 g/mol. The summed E-state index contributed by atoms with van der Waals surface area (Å²) in [6, 6.07) is 2.07. The molecule has 0 amide bonds. The van der Waals surface area contributed by atoms with Crippen molar-refractivity contribution in [3.8, 4) is 0 Å². The van der Waals surface area contributed by atoms with Crippen LogP contribution in [0.15, 0.2) is 12.3 Å². The summed E-state index contributed by atoms with van der Waals surface area (Å²) in [6.07, 6.45) is 5.14. The van der Waals surface area contributed by atoms with Crippen LogP contribution in [0.1, 0.15) is 25.0 Å². The molecule has 5 heteroatoms. The maximum atomic E-state index is 8.71. The van der Waals surface area contributed by atoms with E-state index in [1.165, 1.54) is 5.69 Å². The van der Waals surface area contributed by atoms with E-state index in [9.17, 15) is 0 Å². The zero-order valence-corrected chi connectivity index (χ0v) is 11.1. The number of likely N-dealkylation sites (tertiary alicyclic amines) is 1. The molecule has 0 aliphatic carbocycles. The highest BCUT2D eigenvalue weighted by molar-refractivity contribution is 4.99. The van der Waals surface area contributed by atoms with Crippen molar-refractivity contribution in [2.75, 3.05) is 26.3 Å². The van der Waals surface area contributed by atoms with Crippen LogP contribution in [0.25, 0.3) is 0 Å². The average molecular weight is 253 g/mol. The van der Waals surface area contributed by atoms with E-state index in [1.54, 1.807) is 0 Å². The van der Waals surface area contributed by atoms with Crippen molar-refractivity contribution >= 4 is 0 Å². The van der Waals surface area contributed by atoms with E-state index in [-0.39, 0.29) is 6.61 Å². The maximum Gasteiger partial charge on any atom is 0.0599 e. The van der Waals surface area contributed by atoms with Gasteiger partial charge in [-0.1, -0.05) is 0 Å². The van der Waals surface area contributed by atoms with Gasteiger partial charge in [-0.15, -0.1) is 0 Å². The first-order valence-electron chi connectivity index (χ1n) is 6.71. The standard InChI is InChI=1S/C13H23N3O2/c1-15-12(3-6-14-15)11-16-7-4-13(5-8-16)18-10-2-9-17/h3,6,13,17H,2,4-5,7-11H2,1H3. The molecule has 1 aliphatic heterocycles. The fourth-order valence-electron chi connectivity index (χ4n) is 2.33. The second-order valence-electron chi connectivity index (χ2n) is 4.87. The van der Waals surface area contributed by atoms with Crippen LogP contribution in [-0.4, -0.2) is 52.2 Å². The molecule has 0 spiro atoms. The van der Waals surface area contributed by atoms with Crippen molar-refractivity contribution in [3.05, 3.63) is 18.0 Å². The summed E-state index contributed by atoms with van der Waals surface area (Å²) in [5, 5.41) is 12.9. The highest BCUT2D eigenvalue weighted by Gasteiger charge is 2.20. The molecule has 1 aromatic heterocycles. The van der Waals surface area contributed by atoms with E-state index in [1.807, 2.05) is 17.9 Å². The number of ether oxygens (including phenoxy) is 1. The van der Waals surface area contributed by atoms with Crippen molar-refractivity contribution in [1.82, 2.24) is 14.7 Å². The minimum Gasteiger partial charge on any atom is -0.396 e. The molecule has 1 aliphatic rings. The van der Waals surface area contributed by atoms with Gasteiger partial charge in [0.15, 0.2) is 0 Å². The van der Waals surface area contributed by atoms with Crippen molar-refractivity contribution in [2.45, 2.75) is 31.9 Å². The Labute approximate surface area is 108 Å². The third-order valence-electron chi connectivity index (χ3n) is 3.50. The van der Waals surface area contributed by atoms with E-state index in [4.69, 9.17) is 9.84 Å². The molecule has 1 fully saturated rings. The highest BCUT2D eigenvalue weighted by atomic mass is 16.5. The first-order chi connectivity index (χ1) is 8.79. The Morgan fingerprint density at radius 1 is 1.44 bits per heavy atom. The minimum absolute atomic E-state index is 0.222. The zero-order chi connectivity index (χ0) is 12.8. The summed E-state index contributed by atoms with van der Waals surface area (Å²) in [5.74, 6) is 0. The van der Waals surface area contributed by atoms with Crippen molar-refractivity contribution in [1.29, 1.82) is 0 Å². The van der Waals surface area contributed by atoms with Crippen LogP contribution in [0.4, 0.5) is 0 Å². The molecule has 0 radical (unpaired) electrons. The molecule has 102 valence electrons. The maximum absolute atomic E-state index is 8.71. The van der Waals surface area contributed by atoms with Gasteiger partial charge in [-0.3, -0.25) is 9.58 Å². The van der Waals surface area contributed by atoms with Crippen molar-refractivity contribution < 1.29 is 9.84 Å². The minimum atomic E-state index is 0.222. The Kier molecular flexibility index (Phi) is 5.16. The van der Waals surface area contributed by atoms with Gasteiger partial charge in [0, 0.05) is 46.1 Å². The predicted molar refractivity (Wildman–Crippen MR) is 69.2 cm³/mol. The van der Waals surface area contributed by atoms with Crippen molar-refractivity contribution in [3.63, 3.8) is 0 Å². The largest absolute Gasteiger partial charge is 0.396 e. The van der Waals surface area contributed by atoms with Gasteiger partial charge < -0.3 is 9.84 Å². The summed E-state index contributed by atoms with van der Waals surface area (Å²) in [5.41, 5.74) is 1.26. The number of aryl methyl sites for hydroxylation is 1. The SMILES string of the molecule is Cn1nccc1CN1CCC(OCCCO)CC1. The second-order valence-corrected chi connectivity index (χ2v) is 4.87. The number of rotatable bonds is 6. The Morgan fingerprint density at radius 2 is 2.22 bits per heavy atom. The fraction of sp³-hybridized carbons (Fsp3) is 0.769. The number of aliphatic hydroxyl groups excluding tert-OH is 1. The average Bonchev–Trinajstić information content (AvgIpc) is 2.78. The number of hydrogen-bond acceptors (Lipinski definition) is 4. The van der Waals surface area contributed by atoms with Gasteiger partial charge in [0.25, 0.3) is 0 Å². The van der Waals surface area contributed by atoms with Gasteiger partial charge in [-0.25, -0.2) is 0 Å². The molecule has 0 atom stereocenters. The lowest BCUT2D eigenvalue weighted by Crippen LogP contribution is -2.37. The Bertz CT molecular complexity index is 346. The molecule has 18 heavy (non-hydrogen) atoms. The van der Waals surface area contributed by atoms with Crippen LogP contribution >= 0.6 is 0 Å². The Morgan fingerprint density at radius 3 is 2.83 bits per heavy atom. The number of piperidine rings is 1. The highest BCUT2D eigenvalue weighted by Crippen LogP contribution is 2.16. The van der Waals surface area contributed by atoms with Crippen LogP contribution in [0.2, 0.25) is 0 Å². The monoisotopic (exact) mass is 253 g/mol. The molecular formula is C13H23N3O2. The molecule has 0 unspecified atom stereocenters. The third kappa shape index (κ3) is 3.80. The molecule has 2 heterocycles. The quantitative estimate of drug-likeness (QED) is 0.761. The van der Waals surface area contributed by atoms with E-state index in [2.05, 4.69) is 16.1 Å². The van der Waals surface area contributed by atoms with Gasteiger partial charge in [0.05, 0.1) is 11.8 Å². The summed E-state index contributed by atoms with van der Waals surface area (Å²) >= 11 is 0. The number of hydrogen-bond donors (Lipinski definition) is 1. The van der Waals surface area contributed by atoms with Crippen LogP contribution in [-0.2, 0) is 18.3 Å². The molecule has 0 bridgehead atoms. The molecule has 0 aromatic carbocycles. The van der Waals surface area contributed by atoms with Crippen LogP contribution < -0.4 is 0 Å². The molecule has 0 saturated carbocycles. The lowest BCUT2D eigenvalue weighted by Gasteiger charge is -2.31. The summed E-state index contributed by atoms with van der Waals surface area (Å²) in [6.45, 7) is 4.03. The third-order valence-corrected chi connectivity index (χ3v) is 3.50. The molecule has 2 rings (SSSR count). The smallest absolute Gasteiger partial charge is 0.0599 e. The van der Waals surface area contributed by atoms with Crippen LogP contribution in [0.3, 0.4) is 0 Å². The normalized spacial score (nSPS) is 18.3. The summed E-state index contributed by atoms with van der Waals surface area (Å²) < 4.78 is 7.66. The topological polar surface area (TPSA) is 50.5 Å². The van der Waals surface area contributed by atoms with Gasteiger partial charge in [0.1, 0.15) is 0 Å². The Balaban J connectivity index is 1.69. The van der Waals surface area contributed by atoms with Gasteiger partial charge in [0.2, 0.25) is 0 Å². The zero-order valence-electron chi connectivity index (χ0n) is 11.1. The van der Waals surface area contributed by atoms with Gasteiger partial charge in [-0.2, -0.15) is 5.10 Å². The molecule has 5 nitrogen and oxygen atoms in total. The molecule has 1 aromatic rings. The lowest BCUT2D eigenvalue weighted by atomic mass is 10.1. The van der Waals surface area contributed by atoms with E-state index in [0.29, 0.717) is 12.7 Å². The van der Waals surface area contributed by atoms with Crippen molar-refractivity contribution in [2.24, 2.45) is 7.05 Å². The fourth-order valence-corrected chi connectivity index (χ4v) is 2.33. The lowest BCUT2D eigenvalue weighted by molar-refractivity contribution is 0.000405. The van der Waals surface area contributed by atoms with Gasteiger partial charge >= 0.3 is 0 Å². The number of aliphatic hydroxyl groups is 1. The van der Waals surface area contributed by atoms with E-state index in [0.717, 1.165) is 38.9 Å². The summed E-state index contributed by atoms with van der Waals surface area (Å²) in [4.78, 5) is 2.45. The Hall–Kier alpha value is -0.910. The number of nitrogens with zero attached hydrogens (tertiary/aromatic N) is 3. The first kappa shape index (κ1) is 13.5. The van der Waals surface area contributed by atoms with E-state index < -0.39 is 0 Å². The van der Waals surface area contributed by atoms with E-state index >= 15 is 0 Å². The predicted octanol–water partition coefficient (Wildman–Crippen LogP) is 0.784. The van der Waals surface area contributed by atoms with Crippen LogP contribution in [0.5, 0.6) is 0 Å². The van der Waals surface area contributed by atoms with Gasteiger partial charge in [-0.05, 0) is 25.3 Å². The second kappa shape index (κ2) is 6.87. The number of aromatic nitrogens is 2. The molecule has 1 saturated heterocycles. The van der Waals surface area contributed by atoms with Crippen LogP contribution in [0, 0.1) is 0 Å². The first-order valence-corrected chi connectivity index (χ1v) is 6.71. The molecule has 1 N–H and O–H groups in total. The summed E-state index contributed by atoms with van der Waals surface area (Å²) in [7, 11) is 1.99.